The summed E-state index contributed by atoms with van der Waals surface area (Å²) in [6.07, 6.45) is 13.9. The Balaban J connectivity index is 1.72. The van der Waals surface area contributed by atoms with Gasteiger partial charge in [0.05, 0.1) is 54.2 Å². The van der Waals surface area contributed by atoms with E-state index in [1.165, 1.54) is 6.20 Å². The van der Waals surface area contributed by atoms with Crippen LogP contribution in [-0.4, -0.2) is 49.8 Å². The maximum absolute atomic E-state index is 5.91. The van der Waals surface area contributed by atoms with Crippen molar-refractivity contribution >= 4 is 17.3 Å². The highest BCUT2D eigenvalue weighted by atomic mass is 16.5. The molecule has 4 heterocycles. The van der Waals surface area contributed by atoms with Crippen LogP contribution >= 0.6 is 0 Å². The molecule has 1 unspecified atom stereocenters. The lowest BCUT2D eigenvalue weighted by Crippen LogP contribution is -2.07. The van der Waals surface area contributed by atoms with Crippen molar-refractivity contribution in [1.29, 1.82) is 0 Å². The lowest BCUT2D eigenvalue weighted by Gasteiger charge is -2.12. The van der Waals surface area contributed by atoms with E-state index in [9.17, 15) is 0 Å². The summed E-state index contributed by atoms with van der Waals surface area (Å²) in [7, 11) is 0. The predicted molar refractivity (Wildman–Crippen MR) is 114 cm³/mol. The van der Waals surface area contributed by atoms with Gasteiger partial charge in [0.1, 0.15) is 0 Å². The summed E-state index contributed by atoms with van der Waals surface area (Å²) >= 11 is 0. The Morgan fingerprint density at radius 1 is 1.34 bits per heavy atom. The molecule has 1 aliphatic rings. The summed E-state index contributed by atoms with van der Waals surface area (Å²) in [5.41, 5.74) is 10.1. The van der Waals surface area contributed by atoms with Crippen molar-refractivity contribution in [3.8, 4) is 11.3 Å². The minimum Gasteiger partial charge on any atom is -0.404 e. The molecule has 0 radical (unpaired) electrons. The van der Waals surface area contributed by atoms with Gasteiger partial charge in [0.15, 0.2) is 0 Å². The maximum Gasteiger partial charge on any atom is 0.0999 e. The van der Waals surface area contributed by atoms with Crippen molar-refractivity contribution in [2.75, 3.05) is 13.2 Å². The van der Waals surface area contributed by atoms with Crippen LogP contribution in [0, 0.1) is 0 Å². The molecule has 0 aliphatic carbocycles. The second-order valence-corrected chi connectivity index (χ2v) is 7.23. The van der Waals surface area contributed by atoms with Gasteiger partial charge in [0.25, 0.3) is 0 Å². The number of nitrogens with two attached hydrogens (primary N) is 1. The van der Waals surface area contributed by atoms with E-state index in [0.29, 0.717) is 12.6 Å². The highest BCUT2D eigenvalue weighted by Crippen LogP contribution is 2.26. The molecule has 0 saturated carbocycles. The Kier molecular flexibility index (Phi) is 5.71. The molecule has 29 heavy (non-hydrogen) atoms. The normalized spacial score (nSPS) is 17.9. The summed E-state index contributed by atoms with van der Waals surface area (Å²) < 4.78 is 9.24. The molecule has 1 saturated heterocycles. The second-order valence-electron chi connectivity index (χ2n) is 7.23. The molecule has 0 amide bonds. The van der Waals surface area contributed by atoms with Gasteiger partial charge in [-0.2, -0.15) is 10.2 Å². The number of hydrogen-bond acceptors (Lipinski definition) is 6. The van der Waals surface area contributed by atoms with Crippen molar-refractivity contribution in [3.05, 3.63) is 42.7 Å². The zero-order chi connectivity index (χ0) is 20.2. The first-order chi connectivity index (χ1) is 14.2. The Hall–Kier alpha value is -3.00. The Morgan fingerprint density at radius 3 is 2.93 bits per heavy atom. The van der Waals surface area contributed by atoms with Crippen LogP contribution in [0.15, 0.2) is 42.0 Å². The van der Waals surface area contributed by atoms with Crippen LogP contribution in [0.2, 0.25) is 0 Å². The molecule has 0 bridgehead atoms. The SMILES string of the molecule is CCC(CC)n1cc(-c2nc(C(C=NC3CCOC3)=CN)cn3nccc23)cn1. The quantitative estimate of drug-likeness (QED) is 0.622. The van der Waals surface area contributed by atoms with Crippen molar-refractivity contribution in [1.82, 2.24) is 24.4 Å². The van der Waals surface area contributed by atoms with E-state index < -0.39 is 0 Å². The van der Waals surface area contributed by atoms with E-state index >= 15 is 0 Å². The number of hydrogen-bond donors (Lipinski definition) is 1. The van der Waals surface area contributed by atoms with Crippen LogP contribution in [-0.2, 0) is 4.74 Å². The summed E-state index contributed by atoms with van der Waals surface area (Å²) in [5.74, 6) is 0. The smallest absolute Gasteiger partial charge is 0.0999 e. The van der Waals surface area contributed by atoms with Gasteiger partial charge in [0, 0.05) is 36.4 Å². The number of allylic oxidation sites excluding steroid dienone is 1. The monoisotopic (exact) mass is 393 g/mol. The van der Waals surface area contributed by atoms with Gasteiger partial charge in [-0.25, -0.2) is 9.50 Å². The van der Waals surface area contributed by atoms with Crippen LogP contribution in [0.3, 0.4) is 0 Å². The van der Waals surface area contributed by atoms with Gasteiger partial charge in [-0.1, -0.05) is 13.8 Å². The summed E-state index contributed by atoms with van der Waals surface area (Å²) in [6, 6.07) is 2.51. The highest BCUT2D eigenvalue weighted by Gasteiger charge is 2.16. The van der Waals surface area contributed by atoms with Crippen LogP contribution in [0.5, 0.6) is 0 Å². The zero-order valence-corrected chi connectivity index (χ0v) is 16.9. The number of fused-ring (bicyclic) bond motifs is 1. The third-order valence-corrected chi connectivity index (χ3v) is 5.39. The second kappa shape index (κ2) is 8.57. The van der Waals surface area contributed by atoms with E-state index in [4.69, 9.17) is 15.5 Å². The molecule has 2 N–H and O–H groups in total. The minimum atomic E-state index is 0.177. The van der Waals surface area contributed by atoms with Crippen molar-refractivity contribution < 1.29 is 4.74 Å². The van der Waals surface area contributed by atoms with E-state index in [2.05, 4.69) is 35.2 Å². The largest absolute Gasteiger partial charge is 0.404 e. The molecule has 8 nitrogen and oxygen atoms in total. The number of ether oxygens (including phenoxy) is 1. The van der Waals surface area contributed by atoms with Gasteiger partial charge < -0.3 is 10.5 Å². The Morgan fingerprint density at radius 2 is 2.21 bits per heavy atom. The van der Waals surface area contributed by atoms with Gasteiger partial charge in [-0.15, -0.1) is 0 Å². The first-order valence-electron chi connectivity index (χ1n) is 10.2. The van der Waals surface area contributed by atoms with Crippen molar-refractivity contribution in [2.24, 2.45) is 10.7 Å². The maximum atomic E-state index is 5.91. The van der Waals surface area contributed by atoms with Crippen LogP contribution in [0.4, 0.5) is 0 Å². The standard InChI is InChI=1S/C21H27N7O/c1-3-18(4-2)27-12-16(11-25-27)21-20-5-7-24-28(20)13-19(26-21)15(9-22)10-23-17-6-8-29-14-17/h5,7,9-13,17-18H,3-4,6,8,14,22H2,1-2H3. The summed E-state index contributed by atoms with van der Waals surface area (Å²) in [6.45, 7) is 5.76. The molecule has 0 aromatic carbocycles. The van der Waals surface area contributed by atoms with E-state index in [0.717, 1.165) is 53.9 Å². The molecule has 3 aromatic heterocycles. The average molecular weight is 393 g/mol. The molecule has 0 spiro atoms. The van der Waals surface area contributed by atoms with E-state index in [1.807, 2.05) is 27.7 Å². The molecule has 1 atom stereocenters. The fourth-order valence-corrected chi connectivity index (χ4v) is 3.62. The highest BCUT2D eigenvalue weighted by molar-refractivity contribution is 6.09. The van der Waals surface area contributed by atoms with E-state index in [1.54, 1.807) is 12.4 Å². The number of aliphatic imine (C=N–C) groups is 1. The van der Waals surface area contributed by atoms with Gasteiger partial charge in [-0.3, -0.25) is 9.67 Å². The molecular weight excluding hydrogens is 366 g/mol. The minimum absolute atomic E-state index is 0.177. The first kappa shape index (κ1) is 19.3. The number of aromatic nitrogens is 5. The molecule has 1 aliphatic heterocycles. The average Bonchev–Trinajstić information content (AvgIpc) is 3.50. The molecule has 8 heteroatoms. The van der Waals surface area contributed by atoms with Gasteiger partial charge in [-0.05, 0) is 25.3 Å². The van der Waals surface area contributed by atoms with Gasteiger partial charge in [0.2, 0.25) is 0 Å². The molecule has 3 aromatic rings. The van der Waals surface area contributed by atoms with Crippen LogP contribution < -0.4 is 5.73 Å². The number of rotatable bonds is 7. The van der Waals surface area contributed by atoms with Crippen LogP contribution in [0.1, 0.15) is 44.8 Å². The number of nitrogens with zero attached hydrogens (tertiary/aromatic N) is 6. The van der Waals surface area contributed by atoms with Crippen LogP contribution in [0.25, 0.3) is 22.3 Å². The molecule has 1 fully saturated rings. The van der Waals surface area contributed by atoms with Crippen molar-refractivity contribution in [2.45, 2.75) is 45.2 Å². The first-order valence-corrected chi connectivity index (χ1v) is 10.2. The van der Waals surface area contributed by atoms with Gasteiger partial charge >= 0.3 is 0 Å². The molecule has 4 rings (SSSR count). The third-order valence-electron chi connectivity index (χ3n) is 5.39. The third kappa shape index (κ3) is 3.93. The fourth-order valence-electron chi connectivity index (χ4n) is 3.62. The summed E-state index contributed by atoms with van der Waals surface area (Å²) in [5, 5.41) is 8.99. The zero-order valence-electron chi connectivity index (χ0n) is 16.9. The lowest BCUT2D eigenvalue weighted by atomic mass is 10.1. The topological polar surface area (TPSA) is 95.6 Å². The lowest BCUT2D eigenvalue weighted by molar-refractivity contribution is 0.194. The van der Waals surface area contributed by atoms with Crippen molar-refractivity contribution in [3.63, 3.8) is 0 Å². The molecular formula is C21H27N7O. The molecule has 152 valence electrons. The van der Waals surface area contributed by atoms with E-state index in [-0.39, 0.29) is 6.04 Å². The Bertz CT molecular complexity index is 1020. The fraction of sp³-hybridized carbons (Fsp3) is 0.429. The summed E-state index contributed by atoms with van der Waals surface area (Å²) in [4.78, 5) is 9.51. The predicted octanol–water partition coefficient (Wildman–Crippen LogP) is 3.11. The Labute approximate surface area is 170 Å².